The number of hydrogen-bond acceptors (Lipinski definition) is 2. The van der Waals surface area contributed by atoms with Crippen LogP contribution in [0.5, 0.6) is 0 Å². The van der Waals surface area contributed by atoms with E-state index in [0.29, 0.717) is 38.2 Å². The number of rotatable bonds is 6. The Morgan fingerprint density at radius 1 is 0.964 bits per heavy atom. The Morgan fingerprint density at radius 2 is 1.57 bits per heavy atom. The molecule has 0 amide bonds. The van der Waals surface area contributed by atoms with E-state index >= 15 is 0 Å². The molecule has 0 unspecified atom stereocenters. The zero-order valence-electron chi connectivity index (χ0n) is 15.4. The molecule has 2 fully saturated rings. The van der Waals surface area contributed by atoms with Gasteiger partial charge in [0.15, 0.2) is 0 Å². The average molecular weight is 392 g/mol. The van der Waals surface area contributed by atoms with E-state index < -0.39 is 17.0 Å². The van der Waals surface area contributed by atoms with Gasteiger partial charge in [-0.3, -0.25) is 4.79 Å². The van der Waals surface area contributed by atoms with Gasteiger partial charge >= 0.3 is 35.5 Å². The van der Waals surface area contributed by atoms with Gasteiger partial charge in [0.05, 0.1) is 17.6 Å². The number of carboxylic acids is 1. The van der Waals surface area contributed by atoms with Crippen LogP contribution in [0.25, 0.3) is 0 Å². The second kappa shape index (κ2) is 8.66. The second-order valence-corrected chi connectivity index (χ2v) is 8.01. The predicted octanol–water partition coefficient (Wildman–Crippen LogP) is 4.40. The SMILES string of the molecule is O=C(O)C1(c2ccccc2)CCC(OCC2CC2)(c2ccc(F)cc2)CC1.[NaH]. The molecule has 4 rings (SSSR count). The molecule has 0 aromatic heterocycles. The van der Waals surface area contributed by atoms with E-state index in [1.165, 1.54) is 25.0 Å². The van der Waals surface area contributed by atoms with Gasteiger partial charge in [0.2, 0.25) is 0 Å². The van der Waals surface area contributed by atoms with E-state index in [1.54, 1.807) is 12.1 Å². The van der Waals surface area contributed by atoms with Gasteiger partial charge in [-0.05, 0) is 67.7 Å². The first-order chi connectivity index (χ1) is 13.0. The molecule has 144 valence electrons. The molecule has 0 spiro atoms. The fraction of sp³-hybridized carbons (Fsp3) is 0.435. The van der Waals surface area contributed by atoms with Crippen molar-refractivity contribution in [3.63, 3.8) is 0 Å². The van der Waals surface area contributed by atoms with Crippen molar-refractivity contribution in [2.45, 2.75) is 49.5 Å². The predicted molar refractivity (Wildman–Crippen MR) is 108 cm³/mol. The Balaban J connectivity index is 0.00000225. The van der Waals surface area contributed by atoms with E-state index in [-0.39, 0.29) is 35.4 Å². The second-order valence-electron chi connectivity index (χ2n) is 8.01. The van der Waals surface area contributed by atoms with Crippen molar-refractivity contribution >= 4 is 35.5 Å². The molecule has 2 aromatic carbocycles. The van der Waals surface area contributed by atoms with Crippen LogP contribution in [0.3, 0.4) is 0 Å². The molecule has 2 aliphatic rings. The molecule has 2 aromatic rings. The van der Waals surface area contributed by atoms with Crippen molar-refractivity contribution in [2.75, 3.05) is 6.61 Å². The molecule has 0 saturated heterocycles. The van der Waals surface area contributed by atoms with Gasteiger partial charge in [-0.15, -0.1) is 0 Å². The molecule has 0 heterocycles. The first-order valence-corrected chi connectivity index (χ1v) is 9.73. The number of halogens is 1. The monoisotopic (exact) mass is 392 g/mol. The third-order valence-corrected chi connectivity index (χ3v) is 6.31. The first-order valence-electron chi connectivity index (χ1n) is 9.73. The van der Waals surface area contributed by atoms with Crippen molar-refractivity contribution in [3.8, 4) is 0 Å². The van der Waals surface area contributed by atoms with E-state index in [9.17, 15) is 14.3 Å². The number of benzene rings is 2. The Hall–Kier alpha value is -1.20. The zero-order valence-corrected chi connectivity index (χ0v) is 15.4. The Labute approximate surface area is 187 Å². The molecular formula is C23H26FNaO3. The molecule has 28 heavy (non-hydrogen) atoms. The summed E-state index contributed by atoms with van der Waals surface area (Å²) in [6.45, 7) is 0.697. The molecule has 0 atom stereocenters. The third kappa shape index (κ3) is 4.20. The molecule has 0 bridgehead atoms. The van der Waals surface area contributed by atoms with Crippen LogP contribution in [0.15, 0.2) is 54.6 Å². The van der Waals surface area contributed by atoms with Gasteiger partial charge in [-0.25, -0.2) is 4.39 Å². The van der Waals surface area contributed by atoms with Gasteiger partial charge in [-0.2, -0.15) is 0 Å². The minimum absolute atomic E-state index is 0. The topological polar surface area (TPSA) is 46.5 Å². The summed E-state index contributed by atoms with van der Waals surface area (Å²) in [4.78, 5) is 12.3. The number of hydrogen-bond donors (Lipinski definition) is 1. The van der Waals surface area contributed by atoms with Crippen molar-refractivity contribution in [2.24, 2.45) is 5.92 Å². The number of carbonyl (C=O) groups is 1. The van der Waals surface area contributed by atoms with Crippen molar-refractivity contribution < 1.29 is 19.0 Å². The summed E-state index contributed by atoms with van der Waals surface area (Å²) in [5.74, 6) is -0.428. The van der Waals surface area contributed by atoms with Gasteiger partial charge in [0, 0.05) is 0 Å². The summed E-state index contributed by atoms with van der Waals surface area (Å²) >= 11 is 0. The zero-order chi connectivity index (χ0) is 18.9. The summed E-state index contributed by atoms with van der Waals surface area (Å²) in [5, 5.41) is 10.1. The van der Waals surface area contributed by atoms with Gasteiger partial charge < -0.3 is 9.84 Å². The maximum atomic E-state index is 13.4. The summed E-state index contributed by atoms with van der Waals surface area (Å²) in [6, 6.07) is 16.0. The Kier molecular flexibility index (Phi) is 6.65. The van der Waals surface area contributed by atoms with Crippen LogP contribution < -0.4 is 0 Å². The maximum absolute atomic E-state index is 13.4. The van der Waals surface area contributed by atoms with Crippen LogP contribution >= 0.6 is 0 Å². The number of carboxylic acid groups (broad SMARTS) is 1. The quantitative estimate of drug-likeness (QED) is 0.742. The summed E-state index contributed by atoms with van der Waals surface area (Å²) in [6.07, 6.45) is 4.65. The summed E-state index contributed by atoms with van der Waals surface area (Å²) in [5.41, 5.74) is 0.404. The van der Waals surface area contributed by atoms with Crippen molar-refractivity contribution in [1.29, 1.82) is 0 Å². The minimum atomic E-state index is -0.881. The van der Waals surface area contributed by atoms with Crippen LogP contribution in [0, 0.1) is 11.7 Å². The van der Waals surface area contributed by atoms with E-state index in [4.69, 9.17) is 4.74 Å². The number of ether oxygens (including phenoxy) is 1. The van der Waals surface area contributed by atoms with Gasteiger partial charge in [0.25, 0.3) is 0 Å². The fourth-order valence-electron chi connectivity index (χ4n) is 4.30. The molecular weight excluding hydrogens is 366 g/mol. The average Bonchev–Trinajstić information content (AvgIpc) is 3.52. The van der Waals surface area contributed by atoms with E-state index in [0.717, 1.165) is 11.1 Å². The van der Waals surface area contributed by atoms with Crippen LogP contribution in [0.1, 0.15) is 49.7 Å². The molecule has 5 heteroatoms. The molecule has 3 nitrogen and oxygen atoms in total. The molecule has 2 saturated carbocycles. The fourth-order valence-corrected chi connectivity index (χ4v) is 4.30. The normalized spacial score (nSPS) is 27.0. The summed E-state index contributed by atoms with van der Waals surface area (Å²) in [7, 11) is 0. The standard InChI is InChI=1S/C23H25FO3.Na.H/c24-20-10-8-19(9-11-20)23(27-16-17-6-7-17)14-12-22(13-15-23,21(25)26)18-4-2-1-3-5-18;;/h1-5,8-11,17H,6-7,12-16H2,(H,25,26);;. The van der Waals surface area contributed by atoms with Crippen LogP contribution in [-0.4, -0.2) is 47.2 Å². The number of aliphatic carboxylic acids is 1. The molecule has 1 N–H and O–H groups in total. The van der Waals surface area contributed by atoms with Crippen LogP contribution in [-0.2, 0) is 20.5 Å². The van der Waals surface area contributed by atoms with Gasteiger partial charge in [-0.1, -0.05) is 42.5 Å². The van der Waals surface area contributed by atoms with Crippen LogP contribution in [0.2, 0.25) is 0 Å². The third-order valence-electron chi connectivity index (χ3n) is 6.31. The van der Waals surface area contributed by atoms with E-state index in [2.05, 4.69) is 0 Å². The van der Waals surface area contributed by atoms with Gasteiger partial charge in [0.1, 0.15) is 5.82 Å². The van der Waals surface area contributed by atoms with Crippen molar-refractivity contribution in [1.82, 2.24) is 0 Å². The molecule has 2 aliphatic carbocycles. The summed E-state index contributed by atoms with van der Waals surface area (Å²) < 4.78 is 19.8. The van der Waals surface area contributed by atoms with E-state index in [1.807, 2.05) is 30.3 Å². The Bertz CT molecular complexity index is 794. The molecule has 0 aliphatic heterocycles. The van der Waals surface area contributed by atoms with Crippen LogP contribution in [0.4, 0.5) is 4.39 Å². The molecule has 0 radical (unpaired) electrons. The van der Waals surface area contributed by atoms with Crippen molar-refractivity contribution in [3.05, 3.63) is 71.5 Å². The first kappa shape index (κ1) is 21.5. The Morgan fingerprint density at radius 3 is 2.11 bits per heavy atom.